The zero-order valence-electron chi connectivity index (χ0n) is 37.5. The minimum atomic E-state index is -3.19. The molecule has 0 fully saturated rings. The number of rotatable bonds is 9. The largest absolute Gasteiger partial charge is 0.237 e. The summed E-state index contributed by atoms with van der Waals surface area (Å²) in [5.41, 5.74) is 10.6. The van der Waals surface area contributed by atoms with Crippen molar-refractivity contribution < 1.29 is 0 Å². The van der Waals surface area contributed by atoms with E-state index in [1.807, 2.05) is 0 Å². The molecule has 2 nitrogen and oxygen atoms in total. The van der Waals surface area contributed by atoms with Gasteiger partial charge in [0.05, 0.1) is 0 Å². The fraction of sp³-hybridized carbons (Fsp3) is 0. The van der Waals surface area contributed by atoms with E-state index in [0.29, 0.717) is 5.82 Å². The van der Waals surface area contributed by atoms with Gasteiger partial charge in [-0.25, -0.2) is 9.97 Å². The lowest BCUT2D eigenvalue weighted by Gasteiger charge is -2.37. The molecule has 0 saturated heterocycles. The highest BCUT2D eigenvalue weighted by molar-refractivity contribution is 7.21. The van der Waals surface area contributed by atoms with Crippen LogP contribution in [0.5, 0.6) is 0 Å². The normalized spacial score (nSPS) is 11.8. The molecule has 0 aliphatic heterocycles. The van der Waals surface area contributed by atoms with Crippen LogP contribution in [0.3, 0.4) is 0 Å². The SMILES string of the molecule is c1ccc([Si](c2ccccc2)(c2ccccc2)c2cc([Si](c3ccccc3)(c3ccccc3)c3ccccc3)nc(-c3ccc4c(c3)-c3ccccc3-c3ccccc3-c3ccccc3-4)n2)cc1. The van der Waals surface area contributed by atoms with Gasteiger partial charge in [0, 0.05) is 16.2 Å². The van der Waals surface area contributed by atoms with E-state index in [4.69, 9.17) is 9.97 Å². The molecule has 0 radical (unpaired) electrons. The second-order valence-electron chi connectivity index (χ2n) is 17.6. The van der Waals surface area contributed by atoms with E-state index in [1.54, 1.807) is 0 Å². The van der Waals surface area contributed by atoms with Crippen molar-refractivity contribution in [1.82, 2.24) is 9.97 Å². The van der Waals surface area contributed by atoms with Crippen molar-refractivity contribution >= 4 is 57.9 Å². The lowest BCUT2D eigenvalue weighted by Crippen LogP contribution is -2.79. The molecule has 68 heavy (non-hydrogen) atoms. The molecule has 1 heterocycles. The lowest BCUT2D eigenvalue weighted by atomic mass is 9.80. The quantitative estimate of drug-likeness (QED) is 0.107. The van der Waals surface area contributed by atoms with E-state index in [1.165, 1.54) is 70.1 Å². The molecule has 0 amide bonds. The average Bonchev–Trinajstić information content (AvgIpc) is 3.43. The van der Waals surface area contributed by atoms with Gasteiger partial charge in [0.2, 0.25) is 16.1 Å². The Morgan fingerprint density at radius 3 is 0.721 bits per heavy atom. The maximum atomic E-state index is 6.00. The maximum Gasteiger partial charge on any atom is 0.202 e. The highest BCUT2D eigenvalue weighted by Gasteiger charge is 2.48. The topological polar surface area (TPSA) is 25.8 Å². The molecule has 4 heteroatoms. The third-order valence-electron chi connectivity index (χ3n) is 14.0. The molecular weight excluding hydrogens is 853 g/mol. The first-order valence-electron chi connectivity index (χ1n) is 23.4. The number of benzene rings is 10. The van der Waals surface area contributed by atoms with Crippen LogP contribution in [-0.2, 0) is 0 Å². The molecule has 1 aliphatic carbocycles. The molecule has 10 aromatic carbocycles. The lowest BCUT2D eigenvalue weighted by molar-refractivity contribution is 1.23. The summed E-state index contributed by atoms with van der Waals surface area (Å²) in [5, 5.41) is 9.69. The summed E-state index contributed by atoms with van der Waals surface area (Å²) in [6.07, 6.45) is 0. The maximum absolute atomic E-state index is 6.00. The van der Waals surface area contributed by atoms with E-state index >= 15 is 0 Å². The van der Waals surface area contributed by atoms with Gasteiger partial charge in [0.15, 0.2) is 5.82 Å². The van der Waals surface area contributed by atoms with Crippen LogP contribution in [0, 0.1) is 0 Å². The summed E-state index contributed by atoms with van der Waals surface area (Å²) in [7, 11) is -6.39. The van der Waals surface area contributed by atoms with Crippen LogP contribution in [0.15, 0.2) is 279 Å². The summed E-state index contributed by atoms with van der Waals surface area (Å²) < 4.78 is 0. The third-order valence-corrected chi connectivity index (χ3v) is 23.2. The van der Waals surface area contributed by atoms with Crippen molar-refractivity contribution in [3.05, 3.63) is 279 Å². The Labute approximate surface area is 400 Å². The molecule has 0 atom stereocenters. The Morgan fingerprint density at radius 1 is 0.206 bits per heavy atom. The standard InChI is InChI=1S/C64H46N2Si2/c1-7-25-48(26-8-1)67(49-27-9-2-10-28-49,50-29-11-3-12-30-50)62-46-63(68(51-31-13-4-14-32-51,52-33-15-5-16-34-52)53-35-17-6-18-36-53)66-64(65-62)47-43-44-60-58-41-22-21-39-56(58)54-37-19-20-38-55(54)57-40-23-24-42-59(57)61(60)45-47/h1-46H. The first-order valence-corrected chi connectivity index (χ1v) is 27.4. The second-order valence-corrected chi connectivity index (χ2v) is 25.0. The number of hydrogen-bond donors (Lipinski definition) is 0. The molecule has 0 N–H and O–H groups in total. The fourth-order valence-corrected chi connectivity index (χ4v) is 20.3. The molecule has 1 aromatic heterocycles. The van der Waals surface area contributed by atoms with Crippen LogP contribution in [-0.4, -0.2) is 26.1 Å². The van der Waals surface area contributed by atoms with Crippen LogP contribution in [0.25, 0.3) is 55.9 Å². The Morgan fingerprint density at radius 2 is 0.441 bits per heavy atom. The smallest absolute Gasteiger partial charge is 0.202 e. The van der Waals surface area contributed by atoms with Crippen LogP contribution in [0.2, 0.25) is 0 Å². The van der Waals surface area contributed by atoms with Gasteiger partial charge in [-0.2, -0.15) is 0 Å². The van der Waals surface area contributed by atoms with E-state index in [9.17, 15) is 0 Å². The monoisotopic (exact) mass is 898 g/mol. The highest BCUT2D eigenvalue weighted by Crippen LogP contribution is 2.48. The minimum absolute atomic E-state index is 0.716. The molecule has 0 spiro atoms. The van der Waals surface area contributed by atoms with Gasteiger partial charge in [0.25, 0.3) is 0 Å². The number of fused-ring (bicyclic) bond motifs is 8. The van der Waals surface area contributed by atoms with Crippen LogP contribution < -0.4 is 41.8 Å². The molecule has 0 saturated carbocycles. The van der Waals surface area contributed by atoms with Gasteiger partial charge < -0.3 is 0 Å². The summed E-state index contributed by atoms with van der Waals surface area (Å²) in [6.45, 7) is 0. The van der Waals surface area contributed by atoms with Crippen molar-refractivity contribution in [2.24, 2.45) is 0 Å². The van der Waals surface area contributed by atoms with Crippen molar-refractivity contribution in [3.8, 4) is 55.9 Å². The summed E-state index contributed by atoms with van der Waals surface area (Å²) in [4.78, 5) is 12.0. The van der Waals surface area contributed by atoms with Gasteiger partial charge >= 0.3 is 0 Å². The van der Waals surface area contributed by atoms with Crippen molar-refractivity contribution in [1.29, 1.82) is 0 Å². The summed E-state index contributed by atoms with van der Waals surface area (Å²) >= 11 is 0. The Hall–Kier alpha value is -8.29. The summed E-state index contributed by atoms with van der Waals surface area (Å²) in [6, 6.07) is 103. The van der Waals surface area contributed by atoms with Gasteiger partial charge in [0.1, 0.15) is 0 Å². The Balaban J connectivity index is 1.24. The molecule has 0 bridgehead atoms. The van der Waals surface area contributed by atoms with Gasteiger partial charge in [-0.05, 0) is 87.8 Å². The molecule has 320 valence electrons. The van der Waals surface area contributed by atoms with E-state index in [-0.39, 0.29) is 0 Å². The van der Waals surface area contributed by atoms with Crippen LogP contribution >= 0.6 is 0 Å². The molecule has 0 unspecified atom stereocenters. The van der Waals surface area contributed by atoms with E-state index in [0.717, 1.165) is 21.8 Å². The van der Waals surface area contributed by atoms with Gasteiger partial charge in [-0.1, -0.05) is 267 Å². The first-order chi connectivity index (χ1) is 33.7. The Bertz CT molecular complexity index is 3200. The van der Waals surface area contributed by atoms with E-state index in [2.05, 4.69) is 279 Å². The minimum Gasteiger partial charge on any atom is -0.237 e. The van der Waals surface area contributed by atoms with E-state index < -0.39 is 16.1 Å². The first kappa shape index (κ1) is 41.2. The third kappa shape index (κ3) is 6.76. The zero-order chi connectivity index (χ0) is 45.3. The summed E-state index contributed by atoms with van der Waals surface area (Å²) in [5.74, 6) is 0.716. The van der Waals surface area contributed by atoms with Crippen LogP contribution in [0.4, 0.5) is 0 Å². The predicted molar refractivity (Wildman–Crippen MR) is 290 cm³/mol. The molecule has 1 aliphatic rings. The van der Waals surface area contributed by atoms with Crippen LogP contribution in [0.1, 0.15) is 0 Å². The predicted octanol–water partition coefficient (Wildman–Crippen LogP) is 9.88. The average molecular weight is 899 g/mol. The highest BCUT2D eigenvalue weighted by atomic mass is 28.3. The molecule has 12 rings (SSSR count). The molecule has 11 aromatic rings. The van der Waals surface area contributed by atoms with Crippen molar-refractivity contribution in [2.75, 3.05) is 0 Å². The van der Waals surface area contributed by atoms with Gasteiger partial charge in [-0.3, -0.25) is 0 Å². The second kappa shape index (κ2) is 17.5. The number of hydrogen-bond acceptors (Lipinski definition) is 2. The molecular formula is C64H46N2Si2. The van der Waals surface area contributed by atoms with Gasteiger partial charge in [-0.15, -0.1) is 0 Å². The Kier molecular flexibility index (Phi) is 10.6. The number of nitrogens with zero attached hydrogens (tertiary/aromatic N) is 2. The number of aromatic nitrogens is 2. The zero-order valence-corrected chi connectivity index (χ0v) is 39.5. The van der Waals surface area contributed by atoms with Crippen molar-refractivity contribution in [3.63, 3.8) is 0 Å². The fourth-order valence-electron chi connectivity index (χ4n) is 11.0. The van der Waals surface area contributed by atoms with Crippen molar-refractivity contribution in [2.45, 2.75) is 0 Å².